The summed E-state index contributed by atoms with van der Waals surface area (Å²) in [6, 6.07) is 6.24. The normalized spacial score (nSPS) is 31.7. The minimum atomic E-state index is -0.461. The Hall–Kier alpha value is -2.44. The van der Waals surface area contributed by atoms with E-state index < -0.39 is 4.92 Å². The first-order valence-corrected chi connectivity index (χ1v) is 10.1. The fraction of sp³-hybridized carbons (Fsp3) is 0.619. The van der Waals surface area contributed by atoms with E-state index in [1.54, 1.807) is 12.1 Å². The molecule has 0 heterocycles. The van der Waals surface area contributed by atoms with E-state index >= 15 is 0 Å². The van der Waals surface area contributed by atoms with Gasteiger partial charge in [0.15, 0.2) is 6.61 Å². The monoisotopic (exact) mass is 385 g/mol. The number of carbonyl (C=O) groups is 1. The summed E-state index contributed by atoms with van der Waals surface area (Å²) in [5.74, 6) is 2.38. The number of amides is 1. The summed E-state index contributed by atoms with van der Waals surface area (Å²) in [7, 11) is 0. The molecular formula is C21H27N3O4. The van der Waals surface area contributed by atoms with Crippen molar-refractivity contribution in [2.24, 2.45) is 28.3 Å². The summed E-state index contributed by atoms with van der Waals surface area (Å²) in [6.45, 7) is 1.99. The van der Waals surface area contributed by atoms with Crippen molar-refractivity contribution in [2.75, 3.05) is 6.61 Å². The Balaban J connectivity index is 1.27. The lowest BCUT2D eigenvalue weighted by Crippen LogP contribution is -2.56. The molecule has 4 fully saturated rings. The second-order valence-corrected chi connectivity index (χ2v) is 8.93. The van der Waals surface area contributed by atoms with E-state index in [1.807, 2.05) is 0 Å². The van der Waals surface area contributed by atoms with Crippen LogP contribution in [0.1, 0.15) is 51.0 Å². The maximum absolute atomic E-state index is 12.3. The van der Waals surface area contributed by atoms with Gasteiger partial charge >= 0.3 is 0 Å². The minimum Gasteiger partial charge on any atom is -0.386 e. The van der Waals surface area contributed by atoms with Crippen LogP contribution in [0.4, 0.5) is 5.69 Å². The van der Waals surface area contributed by atoms with Gasteiger partial charge in [-0.2, -0.15) is 0 Å². The average molecular weight is 385 g/mol. The Morgan fingerprint density at radius 1 is 1.32 bits per heavy atom. The highest BCUT2D eigenvalue weighted by Gasteiger charge is 2.53. The summed E-state index contributed by atoms with van der Waals surface area (Å²) < 4.78 is 0. The van der Waals surface area contributed by atoms with Crippen LogP contribution in [-0.2, 0) is 9.63 Å². The van der Waals surface area contributed by atoms with Crippen molar-refractivity contribution in [1.29, 1.82) is 0 Å². The molecule has 7 heteroatoms. The zero-order chi connectivity index (χ0) is 19.7. The Kier molecular flexibility index (Phi) is 5.08. The topological polar surface area (TPSA) is 93.8 Å². The zero-order valence-electron chi connectivity index (χ0n) is 16.2. The van der Waals surface area contributed by atoms with Crippen molar-refractivity contribution in [3.05, 3.63) is 39.9 Å². The third kappa shape index (κ3) is 3.88. The predicted molar refractivity (Wildman–Crippen MR) is 105 cm³/mol. The molecule has 7 nitrogen and oxygen atoms in total. The Morgan fingerprint density at radius 3 is 2.57 bits per heavy atom. The molecule has 1 atom stereocenters. The molecule has 4 aliphatic rings. The molecule has 0 aromatic heterocycles. The number of rotatable bonds is 7. The molecular weight excluding hydrogens is 358 g/mol. The van der Waals surface area contributed by atoms with Crippen LogP contribution in [0, 0.1) is 33.3 Å². The summed E-state index contributed by atoms with van der Waals surface area (Å²) in [4.78, 5) is 27.7. The quantitative estimate of drug-likeness (QED) is 0.440. The van der Waals surface area contributed by atoms with Crippen LogP contribution in [0.15, 0.2) is 29.4 Å². The lowest BCUT2D eigenvalue weighted by Gasteiger charge is -2.59. The number of hydrogen-bond acceptors (Lipinski definition) is 5. The maximum atomic E-state index is 12.3. The number of nitrogens with one attached hydrogen (secondary N) is 1. The largest absolute Gasteiger partial charge is 0.386 e. The summed E-state index contributed by atoms with van der Waals surface area (Å²) in [5, 5.41) is 17.7. The first-order chi connectivity index (χ1) is 13.4. The van der Waals surface area contributed by atoms with Gasteiger partial charge in [0.05, 0.1) is 11.1 Å². The van der Waals surface area contributed by atoms with E-state index in [1.165, 1.54) is 56.9 Å². The number of carbonyl (C=O) groups excluding carboxylic acids is 1. The molecule has 5 rings (SSSR count). The Labute approximate surface area is 164 Å². The van der Waals surface area contributed by atoms with Gasteiger partial charge in [0.1, 0.15) is 0 Å². The average Bonchev–Trinajstić information content (AvgIpc) is 2.64. The molecule has 0 aliphatic heterocycles. The molecule has 0 unspecified atom stereocenters. The molecule has 4 aliphatic carbocycles. The van der Waals surface area contributed by atoms with Crippen molar-refractivity contribution in [3.8, 4) is 0 Å². The zero-order valence-corrected chi connectivity index (χ0v) is 16.2. The highest BCUT2D eigenvalue weighted by Crippen LogP contribution is 2.61. The van der Waals surface area contributed by atoms with Gasteiger partial charge in [-0.05, 0) is 68.6 Å². The Bertz CT molecular complexity index is 756. The molecule has 1 aromatic carbocycles. The number of non-ortho nitro benzene ring substituents is 1. The van der Waals surface area contributed by atoms with E-state index in [-0.39, 0.29) is 29.7 Å². The van der Waals surface area contributed by atoms with Gasteiger partial charge in [-0.3, -0.25) is 14.9 Å². The second-order valence-electron chi connectivity index (χ2n) is 8.93. The lowest BCUT2D eigenvalue weighted by molar-refractivity contribution is -0.384. The molecule has 150 valence electrons. The van der Waals surface area contributed by atoms with Crippen molar-refractivity contribution in [2.45, 2.75) is 51.5 Å². The smallest absolute Gasteiger partial charge is 0.270 e. The minimum absolute atomic E-state index is 0.00825. The standard InChI is InChI=1S/C21H27N3O4/c1-14(21-9-16-5-17(10-21)7-18(6-16)11-21)23-20(25)13-28-22-12-15-3-2-4-19(8-15)24(26)27/h2-4,8,12,14,16-18H,5-7,9-11,13H2,1H3,(H,23,25)/b22-12-/t14-,16?,17?,18?,21?/m0/s1. The van der Waals surface area contributed by atoms with Crippen molar-refractivity contribution in [1.82, 2.24) is 5.32 Å². The van der Waals surface area contributed by atoms with Gasteiger partial charge in [0.25, 0.3) is 11.6 Å². The number of nitro groups is 1. The Morgan fingerprint density at radius 2 is 1.96 bits per heavy atom. The van der Waals surface area contributed by atoms with Crippen LogP contribution < -0.4 is 5.32 Å². The number of oxime groups is 1. The molecule has 1 aromatic rings. The number of benzene rings is 1. The number of nitro benzene ring substituents is 1. The highest BCUT2D eigenvalue weighted by molar-refractivity contribution is 5.80. The molecule has 0 spiro atoms. The summed E-state index contributed by atoms with van der Waals surface area (Å²) in [6.07, 6.45) is 9.26. The van der Waals surface area contributed by atoms with Crippen LogP contribution in [0.5, 0.6) is 0 Å². The van der Waals surface area contributed by atoms with E-state index in [2.05, 4.69) is 17.4 Å². The third-order valence-electron chi connectivity index (χ3n) is 6.93. The van der Waals surface area contributed by atoms with Gasteiger partial charge in [-0.15, -0.1) is 0 Å². The first kappa shape index (κ1) is 18.9. The second kappa shape index (κ2) is 7.53. The van der Waals surface area contributed by atoms with Crippen LogP contribution in [0.2, 0.25) is 0 Å². The molecule has 28 heavy (non-hydrogen) atoms. The van der Waals surface area contributed by atoms with Crippen molar-refractivity contribution >= 4 is 17.8 Å². The van der Waals surface area contributed by atoms with Gasteiger partial charge in [-0.1, -0.05) is 17.3 Å². The highest BCUT2D eigenvalue weighted by atomic mass is 16.6. The van der Waals surface area contributed by atoms with E-state index in [0.29, 0.717) is 5.56 Å². The van der Waals surface area contributed by atoms with Gasteiger partial charge in [0, 0.05) is 23.7 Å². The van der Waals surface area contributed by atoms with Gasteiger partial charge < -0.3 is 10.2 Å². The number of nitrogens with zero attached hydrogens (tertiary/aromatic N) is 2. The fourth-order valence-electron chi connectivity index (χ4n) is 6.06. The lowest BCUT2D eigenvalue weighted by atomic mass is 9.48. The van der Waals surface area contributed by atoms with E-state index in [0.717, 1.165) is 17.8 Å². The van der Waals surface area contributed by atoms with Crippen LogP contribution in [0.25, 0.3) is 0 Å². The van der Waals surface area contributed by atoms with Crippen molar-refractivity contribution in [3.63, 3.8) is 0 Å². The molecule has 0 radical (unpaired) electrons. The number of hydrogen-bond donors (Lipinski definition) is 1. The van der Waals surface area contributed by atoms with Crippen LogP contribution in [0.3, 0.4) is 0 Å². The van der Waals surface area contributed by atoms with Crippen LogP contribution in [-0.4, -0.2) is 29.7 Å². The maximum Gasteiger partial charge on any atom is 0.270 e. The first-order valence-electron chi connectivity index (χ1n) is 10.1. The fourth-order valence-corrected chi connectivity index (χ4v) is 6.06. The predicted octanol–water partition coefficient (Wildman–Crippen LogP) is 3.67. The molecule has 1 N–H and O–H groups in total. The molecule has 0 saturated heterocycles. The SMILES string of the molecule is C[C@H](NC(=O)CO/N=C\c1cccc([N+](=O)[O-])c1)C12CC3CC(CC(C3)C1)C2. The van der Waals surface area contributed by atoms with Gasteiger partial charge in [-0.25, -0.2) is 0 Å². The molecule has 4 bridgehead atoms. The molecule has 4 saturated carbocycles. The van der Waals surface area contributed by atoms with E-state index in [9.17, 15) is 14.9 Å². The third-order valence-corrected chi connectivity index (χ3v) is 6.93. The van der Waals surface area contributed by atoms with Crippen LogP contribution >= 0.6 is 0 Å². The van der Waals surface area contributed by atoms with Crippen molar-refractivity contribution < 1.29 is 14.6 Å². The summed E-state index contributed by atoms with van der Waals surface area (Å²) >= 11 is 0. The van der Waals surface area contributed by atoms with Gasteiger partial charge in [0.2, 0.25) is 0 Å². The van der Waals surface area contributed by atoms with E-state index in [4.69, 9.17) is 4.84 Å². The summed E-state index contributed by atoms with van der Waals surface area (Å²) in [5.41, 5.74) is 0.805. The molecule has 1 amide bonds.